The number of imide groups is 1. The van der Waals surface area contributed by atoms with Gasteiger partial charge in [-0.1, -0.05) is 25.3 Å². The second-order valence-electron chi connectivity index (χ2n) is 7.42. The fourth-order valence-electron chi connectivity index (χ4n) is 4.11. The summed E-state index contributed by atoms with van der Waals surface area (Å²) >= 11 is 0.908. The number of amides is 2. The molecule has 1 aromatic carbocycles. The van der Waals surface area contributed by atoms with Crippen LogP contribution in [0.2, 0.25) is 0 Å². The summed E-state index contributed by atoms with van der Waals surface area (Å²) in [4.78, 5) is 32.4. The van der Waals surface area contributed by atoms with Crippen LogP contribution >= 0.6 is 11.8 Å². The van der Waals surface area contributed by atoms with Crippen molar-refractivity contribution in [1.82, 2.24) is 15.3 Å². The highest BCUT2D eigenvalue weighted by atomic mass is 32.2. The van der Waals surface area contributed by atoms with Crippen LogP contribution < -0.4 is 5.32 Å². The highest BCUT2D eigenvalue weighted by molar-refractivity contribution is 8.18. The molecule has 3 heterocycles. The lowest BCUT2D eigenvalue weighted by Crippen LogP contribution is -2.17. The summed E-state index contributed by atoms with van der Waals surface area (Å²) in [6, 6.07) is 8.06. The van der Waals surface area contributed by atoms with Crippen molar-refractivity contribution in [2.24, 2.45) is 0 Å². The van der Waals surface area contributed by atoms with Gasteiger partial charge in [0.1, 0.15) is 5.52 Å². The smallest absolute Gasteiger partial charge is 0.290 e. The number of carbonyl (C=O) groups excluding carboxylic acids is 2. The van der Waals surface area contributed by atoms with E-state index in [1.165, 1.54) is 44.1 Å². The largest absolute Gasteiger partial charge is 0.443 e. The van der Waals surface area contributed by atoms with E-state index in [2.05, 4.69) is 27.4 Å². The van der Waals surface area contributed by atoms with E-state index in [4.69, 9.17) is 4.42 Å². The third kappa shape index (κ3) is 3.58. The Hall–Kier alpha value is -2.93. The van der Waals surface area contributed by atoms with Gasteiger partial charge in [-0.15, -0.1) is 0 Å². The molecule has 0 bridgehead atoms. The molecule has 7 heteroatoms. The van der Waals surface area contributed by atoms with Crippen molar-refractivity contribution in [2.45, 2.75) is 38.0 Å². The molecule has 0 spiro atoms. The Kier molecular flexibility index (Phi) is 4.67. The summed E-state index contributed by atoms with van der Waals surface area (Å²) < 4.78 is 5.55. The lowest BCUT2D eigenvalue weighted by molar-refractivity contribution is -0.115. The molecule has 1 aliphatic carbocycles. The maximum atomic E-state index is 11.7. The molecule has 0 unspecified atom stereocenters. The molecule has 6 nitrogen and oxygen atoms in total. The maximum absolute atomic E-state index is 11.7. The maximum Gasteiger partial charge on any atom is 0.290 e. The van der Waals surface area contributed by atoms with Crippen LogP contribution in [0.1, 0.15) is 49.1 Å². The number of nitrogens with zero attached hydrogens (tertiary/aromatic N) is 2. The lowest BCUT2D eigenvalue weighted by atomic mass is 9.81. The second-order valence-corrected chi connectivity index (χ2v) is 8.44. The number of hydrogen-bond acceptors (Lipinski definition) is 6. The zero-order valence-corrected chi connectivity index (χ0v) is 16.5. The number of rotatable bonds is 3. The SMILES string of the molecule is O=C1NC(=O)/C(=C\c2ccc(-c3cc4ncoc4cc3C3CCCCC3)nc2)S1. The molecule has 1 saturated carbocycles. The number of thioether (sulfide) groups is 1. The van der Waals surface area contributed by atoms with Crippen molar-refractivity contribution >= 4 is 40.1 Å². The van der Waals surface area contributed by atoms with E-state index in [1.807, 2.05) is 12.1 Å². The molecule has 0 radical (unpaired) electrons. The van der Waals surface area contributed by atoms with Gasteiger partial charge in [-0.05, 0) is 65.9 Å². The van der Waals surface area contributed by atoms with E-state index in [0.717, 1.165) is 39.7 Å². The fraction of sp³-hybridized carbons (Fsp3) is 0.273. The standard InChI is InChI=1S/C22H19N3O3S/c26-21-20(29-22(27)25-21)8-13-6-7-17(23-11-13)16-9-18-19(28-12-24-18)10-15(16)14-4-2-1-3-5-14/h6-12,14H,1-5H2,(H,25,26,27)/b20-8+. The van der Waals surface area contributed by atoms with Gasteiger partial charge in [0.2, 0.25) is 0 Å². The van der Waals surface area contributed by atoms with E-state index >= 15 is 0 Å². The monoisotopic (exact) mass is 405 g/mol. The van der Waals surface area contributed by atoms with Gasteiger partial charge in [0.05, 0.1) is 10.6 Å². The first-order valence-corrected chi connectivity index (χ1v) is 10.6. The van der Waals surface area contributed by atoms with Gasteiger partial charge < -0.3 is 4.42 Å². The average molecular weight is 405 g/mol. The molecule has 3 aromatic rings. The highest BCUT2D eigenvalue weighted by Gasteiger charge is 2.25. The normalized spacial score (nSPS) is 19.2. The molecule has 1 aliphatic heterocycles. The van der Waals surface area contributed by atoms with Crippen molar-refractivity contribution in [3.63, 3.8) is 0 Å². The fourth-order valence-corrected chi connectivity index (χ4v) is 4.80. The third-order valence-corrected chi connectivity index (χ3v) is 6.36. The Morgan fingerprint density at radius 1 is 1.10 bits per heavy atom. The summed E-state index contributed by atoms with van der Waals surface area (Å²) in [5.74, 6) is 0.140. The molecule has 146 valence electrons. The van der Waals surface area contributed by atoms with Crippen LogP contribution in [0.5, 0.6) is 0 Å². The summed E-state index contributed by atoms with van der Waals surface area (Å²) in [6.07, 6.45) is 11.0. The number of benzene rings is 1. The number of aromatic nitrogens is 2. The molecule has 0 atom stereocenters. The van der Waals surface area contributed by atoms with Gasteiger partial charge in [0.25, 0.3) is 11.1 Å². The Morgan fingerprint density at radius 3 is 2.69 bits per heavy atom. The van der Waals surface area contributed by atoms with Crippen LogP contribution in [0.15, 0.2) is 46.2 Å². The van der Waals surface area contributed by atoms with E-state index in [1.54, 1.807) is 12.3 Å². The molecule has 1 saturated heterocycles. The van der Waals surface area contributed by atoms with Crippen molar-refractivity contribution in [2.75, 3.05) is 0 Å². The Morgan fingerprint density at radius 2 is 1.97 bits per heavy atom. The number of fused-ring (bicyclic) bond motifs is 1. The van der Waals surface area contributed by atoms with Crippen LogP contribution in [-0.4, -0.2) is 21.1 Å². The molecule has 29 heavy (non-hydrogen) atoms. The first-order chi connectivity index (χ1) is 14.2. The first kappa shape index (κ1) is 18.1. The number of oxazole rings is 1. The molecule has 1 N–H and O–H groups in total. The quantitative estimate of drug-likeness (QED) is 0.598. The van der Waals surface area contributed by atoms with Crippen molar-refractivity contribution in [1.29, 1.82) is 0 Å². The lowest BCUT2D eigenvalue weighted by Gasteiger charge is -2.24. The summed E-state index contributed by atoms with van der Waals surface area (Å²) in [5, 5.41) is 1.92. The summed E-state index contributed by atoms with van der Waals surface area (Å²) in [5.41, 5.74) is 5.64. The van der Waals surface area contributed by atoms with Crippen molar-refractivity contribution in [3.05, 3.63) is 52.9 Å². The van der Waals surface area contributed by atoms with E-state index in [0.29, 0.717) is 10.8 Å². The van der Waals surface area contributed by atoms with Crippen LogP contribution in [0.3, 0.4) is 0 Å². The van der Waals surface area contributed by atoms with Gasteiger partial charge in [0.15, 0.2) is 12.0 Å². The Labute approximate surface area is 171 Å². The predicted molar refractivity (Wildman–Crippen MR) is 112 cm³/mol. The minimum atomic E-state index is -0.361. The minimum Gasteiger partial charge on any atom is -0.443 e. The molecular weight excluding hydrogens is 386 g/mol. The average Bonchev–Trinajstić information content (AvgIpc) is 3.33. The van der Waals surface area contributed by atoms with E-state index in [9.17, 15) is 9.59 Å². The Balaban J connectivity index is 1.52. The molecule has 2 aliphatic rings. The number of nitrogens with one attached hydrogen (secondary N) is 1. The van der Waals surface area contributed by atoms with Crippen LogP contribution in [-0.2, 0) is 4.79 Å². The number of carbonyl (C=O) groups is 2. The van der Waals surface area contributed by atoms with Gasteiger partial charge in [-0.2, -0.15) is 0 Å². The zero-order valence-electron chi connectivity index (χ0n) is 15.7. The van der Waals surface area contributed by atoms with E-state index < -0.39 is 0 Å². The predicted octanol–water partition coefficient (Wildman–Crippen LogP) is 5.26. The summed E-state index contributed by atoms with van der Waals surface area (Å²) in [6.45, 7) is 0. The second kappa shape index (κ2) is 7.48. The van der Waals surface area contributed by atoms with Crippen LogP contribution in [0, 0.1) is 0 Å². The molecule has 2 fully saturated rings. The van der Waals surface area contributed by atoms with Gasteiger partial charge in [-0.3, -0.25) is 19.9 Å². The summed E-state index contributed by atoms with van der Waals surface area (Å²) in [7, 11) is 0. The minimum absolute atomic E-state index is 0.344. The highest BCUT2D eigenvalue weighted by Crippen LogP contribution is 2.39. The molecular formula is C22H19N3O3S. The first-order valence-electron chi connectivity index (χ1n) is 9.76. The van der Waals surface area contributed by atoms with Gasteiger partial charge >= 0.3 is 0 Å². The Bertz CT molecular complexity index is 1130. The molecule has 2 amide bonds. The van der Waals surface area contributed by atoms with Gasteiger partial charge in [0, 0.05) is 11.8 Å². The van der Waals surface area contributed by atoms with E-state index in [-0.39, 0.29) is 11.1 Å². The van der Waals surface area contributed by atoms with Crippen molar-refractivity contribution in [3.8, 4) is 11.3 Å². The number of hydrogen-bond donors (Lipinski definition) is 1. The number of pyridine rings is 1. The zero-order chi connectivity index (χ0) is 19.8. The van der Waals surface area contributed by atoms with Crippen molar-refractivity contribution < 1.29 is 14.0 Å². The van der Waals surface area contributed by atoms with Crippen LogP contribution in [0.4, 0.5) is 4.79 Å². The topological polar surface area (TPSA) is 85.1 Å². The third-order valence-electron chi connectivity index (χ3n) is 5.55. The molecule has 5 rings (SSSR count). The molecule has 2 aromatic heterocycles. The van der Waals surface area contributed by atoms with Gasteiger partial charge in [-0.25, -0.2) is 4.98 Å². The van der Waals surface area contributed by atoms with Crippen LogP contribution in [0.25, 0.3) is 28.4 Å².